The Labute approximate surface area is 139 Å². The van der Waals surface area contributed by atoms with Gasteiger partial charge in [-0.25, -0.2) is 0 Å². The number of ketones is 1. The maximum absolute atomic E-state index is 12.5. The van der Waals surface area contributed by atoms with Crippen molar-refractivity contribution < 1.29 is 14.6 Å². The third-order valence-electron chi connectivity index (χ3n) is 4.87. The Kier molecular flexibility index (Phi) is 6.60. The van der Waals surface area contributed by atoms with Gasteiger partial charge in [-0.15, -0.1) is 0 Å². The van der Waals surface area contributed by atoms with Crippen LogP contribution in [0.15, 0.2) is 24.3 Å². The highest BCUT2D eigenvalue weighted by atomic mass is 16.5. The number of Topliss-reactive ketones (excluding diaryl/α,β-unsaturated/α-hetero) is 1. The van der Waals surface area contributed by atoms with Gasteiger partial charge in [-0.05, 0) is 62.9 Å². The molecule has 0 radical (unpaired) electrons. The lowest BCUT2D eigenvalue weighted by molar-refractivity contribution is -0.127. The van der Waals surface area contributed by atoms with E-state index in [-0.39, 0.29) is 18.4 Å². The molecule has 23 heavy (non-hydrogen) atoms. The normalized spacial score (nSPS) is 24.9. The molecule has 1 fully saturated rings. The number of methoxy groups -OCH3 is 1. The minimum absolute atomic E-state index is 0.00737. The molecule has 1 N–H and O–H groups in total. The molecule has 128 valence electrons. The molecule has 0 aromatic heterocycles. The summed E-state index contributed by atoms with van der Waals surface area (Å²) >= 11 is 0. The second kappa shape index (κ2) is 8.46. The Hall–Kier alpha value is -1.39. The van der Waals surface area contributed by atoms with Gasteiger partial charge in [0.1, 0.15) is 11.5 Å². The lowest BCUT2D eigenvalue weighted by Crippen LogP contribution is -2.38. The van der Waals surface area contributed by atoms with Crippen molar-refractivity contribution in [3.05, 3.63) is 29.8 Å². The number of carbonyl (C=O) groups is 1. The second-order valence-corrected chi connectivity index (χ2v) is 6.80. The first kappa shape index (κ1) is 18.0. The summed E-state index contributed by atoms with van der Waals surface area (Å²) in [5.41, 5.74) is 1.19. The Bertz CT molecular complexity index is 515. The van der Waals surface area contributed by atoms with Crippen molar-refractivity contribution in [3.8, 4) is 5.75 Å². The molecule has 1 aromatic carbocycles. The standard InChI is InChI=1S/C19H29NO3/c1-20(2)13-15-9-10-18(22)17(8-5-11-21)19(15)14-6-4-7-16(12-14)23-3/h4,6-7,12,15,17,19,21H,5,8-11,13H2,1-3H3. The number of hydrogen-bond acceptors (Lipinski definition) is 4. The predicted molar refractivity (Wildman–Crippen MR) is 91.8 cm³/mol. The summed E-state index contributed by atoms with van der Waals surface area (Å²) in [4.78, 5) is 14.7. The van der Waals surface area contributed by atoms with Crippen LogP contribution in [0.2, 0.25) is 0 Å². The smallest absolute Gasteiger partial charge is 0.136 e. The third kappa shape index (κ3) is 4.55. The topological polar surface area (TPSA) is 49.8 Å². The highest BCUT2D eigenvalue weighted by molar-refractivity contribution is 5.83. The van der Waals surface area contributed by atoms with Crippen LogP contribution >= 0.6 is 0 Å². The molecule has 4 nitrogen and oxygen atoms in total. The fourth-order valence-corrected chi connectivity index (χ4v) is 3.90. The Morgan fingerprint density at radius 2 is 2.13 bits per heavy atom. The van der Waals surface area contributed by atoms with E-state index in [1.54, 1.807) is 7.11 Å². The molecule has 0 spiro atoms. The van der Waals surface area contributed by atoms with Crippen LogP contribution < -0.4 is 4.74 Å². The van der Waals surface area contributed by atoms with Gasteiger partial charge in [-0.2, -0.15) is 0 Å². The van der Waals surface area contributed by atoms with Crippen molar-refractivity contribution >= 4 is 5.78 Å². The summed E-state index contributed by atoms with van der Waals surface area (Å²) in [7, 11) is 5.84. The SMILES string of the molecule is COc1cccc(C2C(CN(C)C)CCC(=O)C2CCCO)c1. The molecule has 1 aromatic rings. The first-order chi connectivity index (χ1) is 11.1. The Morgan fingerprint density at radius 3 is 2.78 bits per heavy atom. The van der Waals surface area contributed by atoms with E-state index in [4.69, 9.17) is 4.74 Å². The van der Waals surface area contributed by atoms with E-state index < -0.39 is 0 Å². The van der Waals surface area contributed by atoms with E-state index in [1.165, 1.54) is 5.56 Å². The van der Waals surface area contributed by atoms with Gasteiger partial charge in [0.25, 0.3) is 0 Å². The average Bonchev–Trinajstić information content (AvgIpc) is 2.54. The van der Waals surface area contributed by atoms with E-state index >= 15 is 0 Å². The first-order valence-electron chi connectivity index (χ1n) is 8.49. The lowest BCUT2D eigenvalue weighted by Gasteiger charge is -2.39. The van der Waals surface area contributed by atoms with Crippen LogP contribution in [0, 0.1) is 11.8 Å². The summed E-state index contributed by atoms with van der Waals surface area (Å²) in [6.07, 6.45) is 3.05. The molecule has 2 rings (SSSR count). The minimum atomic E-state index is 0.00737. The molecule has 1 saturated carbocycles. The number of hydrogen-bond donors (Lipinski definition) is 1. The molecule has 3 unspecified atom stereocenters. The number of carbonyl (C=O) groups excluding carboxylic acids is 1. The fourth-order valence-electron chi connectivity index (χ4n) is 3.90. The van der Waals surface area contributed by atoms with E-state index in [2.05, 4.69) is 31.1 Å². The van der Waals surface area contributed by atoms with Crippen molar-refractivity contribution in [3.63, 3.8) is 0 Å². The Morgan fingerprint density at radius 1 is 1.35 bits per heavy atom. The largest absolute Gasteiger partial charge is 0.497 e. The molecular weight excluding hydrogens is 290 g/mol. The van der Waals surface area contributed by atoms with E-state index in [0.717, 1.165) is 25.1 Å². The minimum Gasteiger partial charge on any atom is -0.497 e. The quantitative estimate of drug-likeness (QED) is 0.839. The summed E-state index contributed by atoms with van der Waals surface area (Å²) in [6.45, 7) is 1.12. The molecule has 0 aliphatic heterocycles. The van der Waals surface area contributed by atoms with Gasteiger partial charge in [0, 0.05) is 25.5 Å². The monoisotopic (exact) mass is 319 g/mol. The van der Waals surface area contributed by atoms with Crippen LogP contribution in [0.4, 0.5) is 0 Å². The predicted octanol–water partition coefficient (Wildman–Crippen LogP) is 2.71. The zero-order chi connectivity index (χ0) is 16.8. The number of benzene rings is 1. The van der Waals surface area contributed by atoms with Gasteiger partial charge < -0.3 is 14.7 Å². The third-order valence-corrected chi connectivity index (χ3v) is 4.87. The second-order valence-electron chi connectivity index (χ2n) is 6.80. The fraction of sp³-hybridized carbons (Fsp3) is 0.632. The van der Waals surface area contributed by atoms with Crippen LogP contribution in [-0.4, -0.2) is 50.1 Å². The van der Waals surface area contributed by atoms with Crippen molar-refractivity contribution in [2.75, 3.05) is 34.4 Å². The summed E-state index contributed by atoms with van der Waals surface area (Å²) in [5, 5.41) is 9.19. The highest BCUT2D eigenvalue weighted by Crippen LogP contribution is 2.43. The van der Waals surface area contributed by atoms with Crippen LogP contribution in [-0.2, 0) is 4.79 Å². The van der Waals surface area contributed by atoms with Crippen molar-refractivity contribution in [1.29, 1.82) is 0 Å². The molecule has 1 aliphatic rings. The summed E-state index contributed by atoms with van der Waals surface area (Å²) in [5.74, 6) is 1.86. The maximum Gasteiger partial charge on any atom is 0.136 e. The zero-order valence-corrected chi connectivity index (χ0v) is 14.5. The molecule has 0 saturated heterocycles. The van der Waals surface area contributed by atoms with Crippen molar-refractivity contribution in [2.45, 2.75) is 31.6 Å². The van der Waals surface area contributed by atoms with Gasteiger partial charge >= 0.3 is 0 Å². The number of aliphatic hydroxyl groups is 1. The molecular formula is C19H29NO3. The lowest BCUT2D eigenvalue weighted by atomic mass is 9.66. The first-order valence-corrected chi connectivity index (χ1v) is 8.49. The summed E-state index contributed by atoms with van der Waals surface area (Å²) in [6, 6.07) is 8.12. The van der Waals surface area contributed by atoms with Gasteiger partial charge in [-0.3, -0.25) is 4.79 Å². The molecule has 4 heteroatoms. The van der Waals surface area contributed by atoms with Crippen LogP contribution in [0.25, 0.3) is 0 Å². The average molecular weight is 319 g/mol. The van der Waals surface area contributed by atoms with E-state index in [9.17, 15) is 9.90 Å². The summed E-state index contributed by atoms with van der Waals surface area (Å²) < 4.78 is 5.37. The molecule has 0 bridgehead atoms. The van der Waals surface area contributed by atoms with Crippen molar-refractivity contribution in [2.24, 2.45) is 11.8 Å². The van der Waals surface area contributed by atoms with Gasteiger partial charge in [0.15, 0.2) is 0 Å². The van der Waals surface area contributed by atoms with Gasteiger partial charge in [0.05, 0.1) is 7.11 Å². The van der Waals surface area contributed by atoms with E-state index in [1.807, 2.05) is 12.1 Å². The highest BCUT2D eigenvalue weighted by Gasteiger charge is 2.39. The molecule has 0 heterocycles. The zero-order valence-electron chi connectivity index (χ0n) is 14.5. The van der Waals surface area contributed by atoms with Gasteiger partial charge in [0.2, 0.25) is 0 Å². The van der Waals surface area contributed by atoms with Crippen LogP contribution in [0.1, 0.15) is 37.2 Å². The number of aliphatic hydroxyl groups excluding tert-OH is 1. The van der Waals surface area contributed by atoms with Gasteiger partial charge in [-0.1, -0.05) is 12.1 Å². The number of nitrogens with zero attached hydrogens (tertiary/aromatic N) is 1. The molecule has 3 atom stereocenters. The Balaban J connectivity index is 2.34. The van der Waals surface area contributed by atoms with Crippen LogP contribution in [0.3, 0.4) is 0 Å². The number of rotatable bonds is 7. The van der Waals surface area contributed by atoms with E-state index in [0.29, 0.717) is 24.5 Å². The molecule has 1 aliphatic carbocycles. The molecule has 0 amide bonds. The van der Waals surface area contributed by atoms with Crippen LogP contribution in [0.5, 0.6) is 5.75 Å². The number of ether oxygens (including phenoxy) is 1. The van der Waals surface area contributed by atoms with Crippen molar-refractivity contribution in [1.82, 2.24) is 4.90 Å². The maximum atomic E-state index is 12.5.